The van der Waals surface area contributed by atoms with E-state index in [-0.39, 0.29) is 0 Å². The lowest BCUT2D eigenvalue weighted by molar-refractivity contribution is 0.710. The molecule has 0 radical (unpaired) electrons. The first kappa shape index (κ1) is 11.3. The Morgan fingerprint density at radius 1 is 1.06 bits per heavy atom. The van der Waals surface area contributed by atoms with E-state index in [4.69, 9.17) is 11.6 Å². The van der Waals surface area contributed by atoms with Gasteiger partial charge in [-0.05, 0) is 24.3 Å². The summed E-state index contributed by atoms with van der Waals surface area (Å²) in [5.41, 5.74) is 2.21. The van der Waals surface area contributed by atoms with Crippen LogP contribution in [-0.2, 0) is 13.0 Å². The Labute approximate surface area is 111 Å². The molecule has 0 amide bonds. The van der Waals surface area contributed by atoms with Crippen molar-refractivity contribution in [2.24, 2.45) is 0 Å². The maximum absolute atomic E-state index is 6.25. The smallest absolute Gasteiger partial charge is 0.0669 e. The molecule has 0 fully saturated rings. The summed E-state index contributed by atoms with van der Waals surface area (Å²) in [6.07, 6.45) is 4.82. The van der Waals surface area contributed by atoms with Gasteiger partial charge in [-0.25, -0.2) is 0 Å². The van der Waals surface area contributed by atoms with Crippen LogP contribution in [0, 0.1) is 0 Å². The van der Waals surface area contributed by atoms with Gasteiger partial charge in [0.2, 0.25) is 0 Å². The third-order valence-electron chi connectivity index (χ3n) is 3.07. The zero-order valence-electron chi connectivity index (χ0n) is 9.88. The van der Waals surface area contributed by atoms with Gasteiger partial charge in [-0.2, -0.15) is 0 Å². The Hall–Kier alpha value is -1.80. The fourth-order valence-corrected chi connectivity index (χ4v) is 2.47. The molecule has 0 saturated carbocycles. The first-order valence-electron chi connectivity index (χ1n) is 5.98. The van der Waals surface area contributed by atoms with Crippen LogP contribution in [0.4, 0.5) is 0 Å². The van der Waals surface area contributed by atoms with Crippen LogP contribution in [0.15, 0.2) is 54.9 Å². The number of fused-ring (bicyclic) bond motifs is 1. The van der Waals surface area contributed by atoms with E-state index in [1.807, 2.05) is 36.5 Å². The Balaban J connectivity index is 1.87. The summed E-state index contributed by atoms with van der Waals surface area (Å²) in [7, 11) is 0. The van der Waals surface area contributed by atoms with Crippen molar-refractivity contribution in [3.8, 4) is 0 Å². The molecule has 3 heteroatoms. The number of benzene rings is 1. The van der Waals surface area contributed by atoms with Crippen LogP contribution in [0.3, 0.4) is 0 Å². The molecule has 0 N–H and O–H groups in total. The van der Waals surface area contributed by atoms with Gasteiger partial charge in [0.15, 0.2) is 0 Å². The molecule has 0 aliphatic heterocycles. The quantitative estimate of drug-likeness (QED) is 0.694. The minimum atomic E-state index is 0.804. The molecule has 2 aromatic heterocycles. The Bertz CT molecular complexity index is 659. The topological polar surface area (TPSA) is 17.8 Å². The fourth-order valence-electron chi connectivity index (χ4n) is 2.18. The highest BCUT2D eigenvalue weighted by molar-refractivity contribution is 6.35. The highest BCUT2D eigenvalue weighted by Crippen LogP contribution is 2.24. The highest BCUT2D eigenvalue weighted by atomic mass is 35.5. The number of aromatic nitrogens is 2. The van der Waals surface area contributed by atoms with Gasteiger partial charge in [-0.3, -0.25) is 4.98 Å². The van der Waals surface area contributed by atoms with E-state index in [1.165, 1.54) is 5.39 Å². The molecule has 18 heavy (non-hydrogen) atoms. The Morgan fingerprint density at radius 2 is 2.00 bits per heavy atom. The number of pyridine rings is 1. The predicted octanol–water partition coefficient (Wildman–Crippen LogP) is 3.93. The highest BCUT2D eigenvalue weighted by Gasteiger charge is 2.04. The zero-order chi connectivity index (χ0) is 12.4. The van der Waals surface area contributed by atoms with Crippen molar-refractivity contribution < 1.29 is 0 Å². The van der Waals surface area contributed by atoms with E-state index >= 15 is 0 Å². The summed E-state index contributed by atoms with van der Waals surface area (Å²) in [6, 6.07) is 14.1. The SMILES string of the molecule is Clc1cccc2ccn(CCc3ccccn3)c12. The van der Waals surface area contributed by atoms with Crippen molar-refractivity contribution in [3.05, 3.63) is 65.6 Å². The first-order chi connectivity index (χ1) is 8.84. The van der Waals surface area contributed by atoms with Gasteiger partial charge in [-0.15, -0.1) is 0 Å². The zero-order valence-corrected chi connectivity index (χ0v) is 10.6. The number of nitrogens with zero attached hydrogens (tertiary/aromatic N) is 2. The molecule has 2 nitrogen and oxygen atoms in total. The molecule has 0 bridgehead atoms. The van der Waals surface area contributed by atoms with Crippen LogP contribution >= 0.6 is 11.6 Å². The molecule has 0 aliphatic rings. The summed E-state index contributed by atoms with van der Waals surface area (Å²) in [5, 5.41) is 1.99. The van der Waals surface area contributed by atoms with Crippen LogP contribution in [0.2, 0.25) is 5.02 Å². The van der Waals surface area contributed by atoms with Gasteiger partial charge < -0.3 is 4.57 Å². The number of hydrogen-bond donors (Lipinski definition) is 0. The standard InChI is InChI=1S/C15H13ClN2/c16-14-6-3-4-12-7-10-18(15(12)14)11-8-13-5-1-2-9-17-13/h1-7,9-10H,8,11H2. The maximum atomic E-state index is 6.25. The number of aryl methyl sites for hydroxylation is 2. The summed E-state index contributed by atoms with van der Waals surface area (Å²) < 4.78 is 2.19. The second-order valence-corrected chi connectivity index (χ2v) is 4.67. The van der Waals surface area contributed by atoms with Gasteiger partial charge in [0.25, 0.3) is 0 Å². The molecular formula is C15H13ClN2. The molecule has 0 atom stereocenters. The van der Waals surface area contributed by atoms with E-state index in [1.54, 1.807) is 0 Å². The summed E-state index contributed by atoms with van der Waals surface area (Å²) in [6.45, 7) is 0.893. The van der Waals surface area contributed by atoms with Crippen LogP contribution in [0.1, 0.15) is 5.69 Å². The Morgan fingerprint density at radius 3 is 2.83 bits per heavy atom. The first-order valence-corrected chi connectivity index (χ1v) is 6.36. The minimum Gasteiger partial charge on any atom is -0.346 e. The van der Waals surface area contributed by atoms with Crippen LogP contribution < -0.4 is 0 Å². The Kier molecular flexibility index (Phi) is 3.03. The van der Waals surface area contributed by atoms with E-state index < -0.39 is 0 Å². The van der Waals surface area contributed by atoms with Crippen molar-refractivity contribution in [2.45, 2.75) is 13.0 Å². The molecular weight excluding hydrogens is 244 g/mol. The van der Waals surface area contributed by atoms with Crippen molar-refractivity contribution in [1.29, 1.82) is 0 Å². The third kappa shape index (κ3) is 2.12. The largest absolute Gasteiger partial charge is 0.346 e. The molecule has 90 valence electrons. The van der Waals surface area contributed by atoms with E-state index in [0.29, 0.717) is 0 Å². The lowest BCUT2D eigenvalue weighted by Gasteiger charge is -2.06. The monoisotopic (exact) mass is 256 g/mol. The van der Waals surface area contributed by atoms with Crippen molar-refractivity contribution in [3.63, 3.8) is 0 Å². The second-order valence-electron chi connectivity index (χ2n) is 4.26. The van der Waals surface area contributed by atoms with Crippen LogP contribution in [0.25, 0.3) is 10.9 Å². The minimum absolute atomic E-state index is 0.804. The van der Waals surface area contributed by atoms with E-state index in [2.05, 4.69) is 27.9 Å². The summed E-state index contributed by atoms with van der Waals surface area (Å²) >= 11 is 6.25. The van der Waals surface area contributed by atoms with Gasteiger partial charge in [-0.1, -0.05) is 29.8 Å². The van der Waals surface area contributed by atoms with Crippen LogP contribution in [-0.4, -0.2) is 9.55 Å². The normalized spacial score (nSPS) is 10.9. The molecule has 0 aliphatic carbocycles. The lowest BCUT2D eigenvalue weighted by atomic mass is 10.2. The number of para-hydroxylation sites is 1. The average molecular weight is 257 g/mol. The molecule has 3 rings (SSSR count). The van der Waals surface area contributed by atoms with Gasteiger partial charge in [0, 0.05) is 36.4 Å². The number of halogens is 1. The van der Waals surface area contributed by atoms with Crippen molar-refractivity contribution in [1.82, 2.24) is 9.55 Å². The average Bonchev–Trinajstić information content (AvgIpc) is 2.82. The fraction of sp³-hybridized carbons (Fsp3) is 0.133. The molecule has 2 heterocycles. The molecule has 1 aromatic carbocycles. The van der Waals surface area contributed by atoms with Crippen molar-refractivity contribution in [2.75, 3.05) is 0 Å². The molecule has 0 spiro atoms. The number of hydrogen-bond acceptors (Lipinski definition) is 1. The summed E-state index contributed by atoms with van der Waals surface area (Å²) in [4.78, 5) is 4.33. The van der Waals surface area contributed by atoms with Crippen LogP contribution in [0.5, 0.6) is 0 Å². The van der Waals surface area contributed by atoms with Gasteiger partial charge in [0.05, 0.1) is 10.5 Å². The van der Waals surface area contributed by atoms with E-state index in [0.717, 1.165) is 29.2 Å². The van der Waals surface area contributed by atoms with Gasteiger partial charge >= 0.3 is 0 Å². The number of rotatable bonds is 3. The maximum Gasteiger partial charge on any atom is 0.0669 e. The molecule has 0 unspecified atom stereocenters. The molecule has 3 aromatic rings. The lowest BCUT2D eigenvalue weighted by Crippen LogP contribution is -2.01. The van der Waals surface area contributed by atoms with Gasteiger partial charge in [0.1, 0.15) is 0 Å². The van der Waals surface area contributed by atoms with E-state index in [9.17, 15) is 0 Å². The second kappa shape index (κ2) is 4.83. The molecule has 0 saturated heterocycles. The predicted molar refractivity (Wildman–Crippen MR) is 74.9 cm³/mol. The van der Waals surface area contributed by atoms with Crippen molar-refractivity contribution >= 4 is 22.5 Å². The third-order valence-corrected chi connectivity index (χ3v) is 3.38. The summed E-state index contributed by atoms with van der Waals surface area (Å²) in [5.74, 6) is 0.